The fourth-order valence-corrected chi connectivity index (χ4v) is 0.455. The van der Waals surface area contributed by atoms with Gasteiger partial charge in [0.25, 0.3) is 0 Å². The zero-order chi connectivity index (χ0) is 4.99. The van der Waals surface area contributed by atoms with E-state index in [2.05, 4.69) is 6.82 Å². The van der Waals surface area contributed by atoms with Crippen LogP contribution in [0.3, 0.4) is 0 Å². The Morgan fingerprint density at radius 3 is 2.33 bits per heavy atom. The maximum absolute atomic E-state index is 5.40. The molecule has 0 heterocycles. The minimum Gasteiger partial charge on any atom is -0.329 e. The van der Waals surface area contributed by atoms with Gasteiger partial charge in [-0.05, 0) is 6.04 Å². The van der Waals surface area contributed by atoms with Crippen LogP contribution in [0.4, 0.5) is 0 Å². The van der Waals surface area contributed by atoms with Crippen LogP contribution in [-0.2, 0) is 0 Å². The van der Waals surface area contributed by atoms with Crippen LogP contribution in [0.25, 0.3) is 0 Å². The summed E-state index contributed by atoms with van der Waals surface area (Å²) in [5.41, 5.74) is 5.40. The Bertz CT molecular complexity index is 28.7. The van der Waals surface area contributed by atoms with E-state index >= 15 is 0 Å². The van der Waals surface area contributed by atoms with E-state index in [1.165, 1.54) is 7.28 Å². The van der Waals surface area contributed by atoms with Gasteiger partial charge < -0.3 is 5.73 Å². The van der Waals surface area contributed by atoms with Crippen LogP contribution in [0.1, 0.15) is 6.92 Å². The Labute approximate surface area is 40.2 Å². The Hall–Kier alpha value is 0.0249. The molecule has 0 rings (SSSR count). The maximum Gasteiger partial charge on any atom is 0.119 e. The minimum absolute atomic E-state index is 0.398. The van der Waals surface area contributed by atoms with Crippen molar-refractivity contribution < 1.29 is 0 Å². The van der Waals surface area contributed by atoms with E-state index in [1.807, 2.05) is 6.92 Å². The molecule has 0 aliphatic heterocycles. The van der Waals surface area contributed by atoms with Crippen molar-refractivity contribution in [2.75, 3.05) is 0 Å². The highest BCUT2D eigenvalue weighted by atomic mass is 14.6. The van der Waals surface area contributed by atoms with Gasteiger partial charge in [0.15, 0.2) is 0 Å². The van der Waals surface area contributed by atoms with Crippen molar-refractivity contribution in [3.63, 3.8) is 0 Å². The molecule has 0 saturated heterocycles. The van der Waals surface area contributed by atoms with Gasteiger partial charge in [-0.1, -0.05) is 20.1 Å². The standard InChI is InChI=1S/C4H12BN/c1-4(6)3-5-2/h4-5H,3,6H2,1-2H3/t4-/m1/s1. The average Bonchev–Trinajstić information content (AvgIpc) is 1.35. The molecule has 0 aromatic rings. The molecule has 1 nitrogen and oxygen atoms in total. The topological polar surface area (TPSA) is 26.0 Å². The van der Waals surface area contributed by atoms with Crippen LogP contribution in [0, 0.1) is 0 Å². The molecule has 0 unspecified atom stereocenters. The van der Waals surface area contributed by atoms with E-state index in [9.17, 15) is 0 Å². The molecule has 0 saturated carbocycles. The second-order valence-electron chi connectivity index (χ2n) is 1.77. The molecule has 0 aliphatic rings. The highest BCUT2D eigenvalue weighted by molar-refractivity contribution is 6.33. The predicted molar refractivity (Wildman–Crippen MR) is 31.5 cm³/mol. The molecule has 2 N–H and O–H groups in total. The van der Waals surface area contributed by atoms with Crippen molar-refractivity contribution in [2.45, 2.75) is 26.1 Å². The lowest BCUT2D eigenvalue weighted by molar-refractivity contribution is 0.828. The monoisotopic (exact) mass is 85.1 g/mol. The second-order valence-corrected chi connectivity index (χ2v) is 1.77. The number of hydrogen-bond donors (Lipinski definition) is 1. The molecule has 0 spiro atoms. The lowest BCUT2D eigenvalue weighted by Gasteiger charge is -1.95. The van der Waals surface area contributed by atoms with Gasteiger partial charge in [-0.15, -0.1) is 0 Å². The second kappa shape index (κ2) is 3.22. The first kappa shape index (κ1) is 6.02. The maximum atomic E-state index is 5.40. The molecule has 2 heteroatoms. The van der Waals surface area contributed by atoms with Gasteiger partial charge in [-0.3, -0.25) is 0 Å². The summed E-state index contributed by atoms with van der Waals surface area (Å²) < 4.78 is 0. The van der Waals surface area contributed by atoms with Crippen molar-refractivity contribution in [3.05, 3.63) is 0 Å². The first-order valence-electron chi connectivity index (χ1n) is 2.53. The molecule has 36 valence electrons. The molecule has 0 aromatic heterocycles. The summed E-state index contributed by atoms with van der Waals surface area (Å²) in [7, 11) is 1.21. The molecule has 1 atom stereocenters. The Morgan fingerprint density at radius 1 is 1.83 bits per heavy atom. The Balaban J connectivity index is 2.63. The SMILES string of the molecule is CBC[C@@H](C)N. The number of rotatable bonds is 2. The van der Waals surface area contributed by atoms with E-state index in [0.29, 0.717) is 6.04 Å². The van der Waals surface area contributed by atoms with Crippen molar-refractivity contribution in [1.82, 2.24) is 0 Å². The van der Waals surface area contributed by atoms with E-state index in [4.69, 9.17) is 5.73 Å². The quantitative estimate of drug-likeness (QED) is 0.477. The third-order valence-electron chi connectivity index (χ3n) is 0.744. The number of hydrogen-bond acceptors (Lipinski definition) is 1. The van der Waals surface area contributed by atoms with E-state index in [1.54, 1.807) is 0 Å². The zero-order valence-electron chi connectivity index (χ0n) is 4.57. The van der Waals surface area contributed by atoms with Gasteiger partial charge in [-0.25, -0.2) is 0 Å². The van der Waals surface area contributed by atoms with E-state index in [-0.39, 0.29) is 0 Å². The molecule has 0 bridgehead atoms. The molecule has 0 aliphatic carbocycles. The molecular formula is C4H12BN. The van der Waals surface area contributed by atoms with Gasteiger partial charge in [0.1, 0.15) is 7.28 Å². The molecule has 0 amide bonds. The fraction of sp³-hybridized carbons (Fsp3) is 1.00. The zero-order valence-corrected chi connectivity index (χ0v) is 4.57. The van der Waals surface area contributed by atoms with Crippen LogP contribution < -0.4 is 5.73 Å². The van der Waals surface area contributed by atoms with Crippen LogP contribution in [0.2, 0.25) is 13.1 Å². The third kappa shape index (κ3) is 4.02. The van der Waals surface area contributed by atoms with Crippen molar-refractivity contribution in [3.8, 4) is 0 Å². The predicted octanol–water partition coefficient (Wildman–Crippen LogP) is 0.237. The fourth-order valence-electron chi connectivity index (χ4n) is 0.455. The molecule has 0 fully saturated rings. The van der Waals surface area contributed by atoms with E-state index < -0.39 is 0 Å². The van der Waals surface area contributed by atoms with Gasteiger partial charge in [0, 0.05) is 0 Å². The summed E-state index contributed by atoms with van der Waals surface area (Å²) >= 11 is 0. The summed E-state index contributed by atoms with van der Waals surface area (Å²) in [4.78, 5) is 0. The van der Waals surface area contributed by atoms with Crippen LogP contribution in [0.5, 0.6) is 0 Å². The van der Waals surface area contributed by atoms with Gasteiger partial charge in [0.05, 0.1) is 0 Å². The lowest BCUT2D eigenvalue weighted by atomic mass is 9.75. The smallest absolute Gasteiger partial charge is 0.119 e. The Kier molecular flexibility index (Phi) is 3.24. The minimum atomic E-state index is 0.398. The summed E-state index contributed by atoms with van der Waals surface area (Å²) in [6.45, 7) is 4.17. The average molecular weight is 85.0 g/mol. The van der Waals surface area contributed by atoms with Crippen molar-refractivity contribution >= 4 is 7.28 Å². The van der Waals surface area contributed by atoms with Crippen LogP contribution >= 0.6 is 0 Å². The molecule has 6 heavy (non-hydrogen) atoms. The summed E-state index contributed by atoms with van der Waals surface area (Å²) in [6.07, 6.45) is 1.15. The largest absolute Gasteiger partial charge is 0.329 e. The summed E-state index contributed by atoms with van der Waals surface area (Å²) in [5, 5.41) is 0. The first-order chi connectivity index (χ1) is 2.77. The summed E-state index contributed by atoms with van der Waals surface area (Å²) in [5.74, 6) is 0. The summed E-state index contributed by atoms with van der Waals surface area (Å²) in [6, 6.07) is 0.398. The molecule has 0 radical (unpaired) electrons. The highest BCUT2D eigenvalue weighted by Crippen LogP contribution is 1.81. The van der Waals surface area contributed by atoms with Crippen LogP contribution in [0.15, 0.2) is 0 Å². The lowest BCUT2D eigenvalue weighted by Crippen LogP contribution is -2.15. The Morgan fingerprint density at radius 2 is 2.33 bits per heavy atom. The third-order valence-corrected chi connectivity index (χ3v) is 0.744. The van der Waals surface area contributed by atoms with Gasteiger partial charge in [0.2, 0.25) is 0 Å². The van der Waals surface area contributed by atoms with E-state index in [0.717, 1.165) is 6.32 Å². The van der Waals surface area contributed by atoms with Gasteiger partial charge >= 0.3 is 0 Å². The molecular weight excluding hydrogens is 72.9 g/mol. The highest BCUT2D eigenvalue weighted by Gasteiger charge is 1.87. The van der Waals surface area contributed by atoms with Crippen molar-refractivity contribution in [2.24, 2.45) is 5.73 Å². The van der Waals surface area contributed by atoms with Crippen LogP contribution in [-0.4, -0.2) is 13.3 Å². The molecule has 0 aromatic carbocycles. The number of nitrogens with two attached hydrogens (primary N) is 1. The van der Waals surface area contributed by atoms with Gasteiger partial charge in [-0.2, -0.15) is 0 Å². The van der Waals surface area contributed by atoms with Crippen molar-refractivity contribution in [1.29, 1.82) is 0 Å². The normalized spacial score (nSPS) is 13.8. The first-order valence-corrected chi connectivity index (χ1v) is 2.53.